The van der Waals surface area contributed by atoms with Crippen LogP contribution in [0.25, 0.3) is 11.4 Å². The van der Waals surface area contributed by atoms with Gasteiger partial charge in [0, 0.05) is 24.2 Å². The fourth-order valence-corrected chi connectivity index (χ4v) is 3.10. The molecular formula is C15H17ClN6OS. The second-order valence-electron chi connectivity index (χ2n) is 5.11. The van der Waals surface area contributed by atoms with E-state index in [2.05, 4.69) is 10.2 Å². The van der Waals surface area contributed by atoms with E-state index >= 15 is 0 Å². The highest BCUT2D eigenvalue weighted by Crippen LogP contribution is 2.26. The minimum atomic E-state index is -0.396. The van der Waals surface area contributed by atoms with Gasteiger partial charge < -0.3 is 10.7 Å². The van der Waals surface area contributed by atoms with Gasteiger partial charge >= 0.3 is 0 Å². The molecule has 0 aliphatic rings. The summed E-state index contributed by atoms with van der Waals surface area (Å²) in [4.78, 5) is 13.8. The van der Waals surface area contributed by atoms with E-state index < -0.39 is 5.25 Å². The molecular weight excluding hydrogens is 348 g/mol. The first kappa shape index (κ1) is 18.1. The molecule has 2 aromatic rings. The molecule has 0 fully saturated rings. The van der Waals surface area contributed by atoms with Gasteiger partial charge in [0.05, 0.1) is 17.7 Å². The van der Waals surface area contributed by atoms with Gasteiger partial charge in [0.2, 0.25) is 11.1 Å². The van der Waals surface area contributed by atoms with Crippen LogP contribution in [0.5, 0.6) is 0 Å². The maximum Gasteiger partial charge on any atom is 0.235 e. The Morgan fingerprint density at radius 3 is 2.96 bits per heavy atom. The van der Waals surface area contributed by atoms with E-state index in [0.29, 0.717) is 29.0 Å². The molecule has 0 unspecified atom stereocenters. The van der Waals surface area contributed by atoms with Gasteiger partial charge in [0.1, 0.15) is 0 Å². The van der Waals surface area contributed by atoms with Crippen molar-refractivity contribution in [3.05, 3.63) is 29.3 Å². The third-order valence-corrected chi connectivity index (χ3v) is 4.59. The molecule has 1 amide bonds. The predicted molar refractivity (Wildman–Crippen MR) is 93.8 cm³/mol. The second-order valence-corrected chi connectivity index (χ2v) is 6.86. The Bertz CT molecular complexity index is 772. The van der Waals surface area contributed by atoms with Crippen LogP contribution in [0.4, 0.5) is 0 Å². The van der Waals surface area contributed by atoms with Crippen LogP contribution >= 0.6 is 23.4 Å². The van der Waals surface area contributed by atoms with E-state index in [1.54, 1.807) is 32.2 Å². The molecule has 0 radical (unpaired) electrons. The van der Waals surface area contributed by atoms with E-state index in [0.717, 1.165) is 5.56 Å². The second kappa shape index (κ2) is 8.04. The van der Waals surface area contributed by atoms with Crippen molar-refractivity contribution in [2.45, 2.75) is 23.8 Å². The lowest BCUT2D eigenvalue weighted by Crippen LogP contribution is -2.34. The molecule has 1 aromatic heterocycles. The molecule has 2 N–H and O–H groups in total. The first-order chi connectivity index (χ1) is 11.4. The lowest BCUT2D eigenvalue weighted by Gasteiger charge is -2.19. The van der Waals surface area contributed by atoms with Gasteiger partial charge in [0.25, 0.3) is 0 Å². The Balaban J connectivity index is 2.11. The summed E-state index contributed by atoms with van der Waals surface area (Å²) in [6.07, 6.45) is 0.297. The van der Waals surface area contributed by atoms with Crippen molar-refractivity contribution >= 4 is 29.3 Å². The zero-order valence-electron chi connectivity index (χ0n) is 13.3. The molecule has 0 bridgehead atoms. The van der Waals surface area contributed by atoms with Crippen LogP contribution < -0.4 is 5.84 Å². The summed E-state index contributed by atoms with van der Waals surface area (Å²) >= 11 is 7.20. The van der Waals surface area contributed by atoms with Crippen LogP contribution in [0.15, 0.2) is 29.4 Å². The van der Waals surface area contributed by atoms with Crippen LogP contribution in [-0.4, -0.2) is 44.5 Å². The lowest BCUT2D eigenvalue weighted by atomic mass is 10.2. The Labute approximate surface area is 149 Å². The van der Waals surface area contributed by atoms with Gasteiger partial charge in [-0.25, -0.2) is 4.68 Å². The van der Waals surface area contributed by atoms with Crippen molar-refractivity contribution in [1.29, 1.82) is 5.26 Å². The summed E-state index contributed by atoms with van der Waals surface area (Å²) in [6, 6.07) is 9.16. The number of nitrogen functional groups attached to an aromatic ring is 1. The topological polar surface area (TPSA) is 101 Å². The van der Waals surface area contributed by atoms with Crippen LogP contribution in [0.3, 0.4) is 0 Å². The first-order valence-electron chi connectivity index (χ1n) is 7.19. The number of aromatic nitrogens is 3. The molecule has 0 aliphatic heterocycles. The standard InChI is InChI=1S/C15H17ClN6OS/c1-10(14(23)21(2)8-4-7-17)24-15-20-19-13(22(15)18)11-5-3-6-12(16)9-11/h3,5-6,9-10H,4,8,18H2,1-2H3/t10-/m0/s1. The lowest BCUT2D eigenvalue weighted by molar-refractivity contribution is -0.128. The van der Waals surface area contributed by atoms with Gasteiger partial charge in [-0.05, 0) is 19.1 Å². The van der Waals surface area contributed by atoms with Gasteiger partial charge in [-0.1, -0.05) is 35.5 Å². The van der Waals surface area contributed by atoms with E-state index in [1.165, 1.54) is 21.3 Å². The molecule has 9 heteroatoms. The Kier molecular flexibility index (Phi) is 6.06. The van der Waals surface area contributed by atoms with Gasteiger partial charge in [-0.15, -0.1) is 10.2 Å². The zero-order valence-corrected chi connectivity index (χ0v) is 14.9. The monoisotopic (exact) mass is 364 g/mol. The van der Waals surface area contributed by atoms with Gasteiger partial charge in [0.15, 0.2) is 5.82 Å². The normalized spacial score (nSPS) is 11.8. The van der Waals surface area contributed by atoms with Gasteiger partial charge in [-0.3, -0.25) is 4.79 Å². The summed E-state index contributed by atoms with van der Waals surface area (Å²) in [5, 5.41) is 17.3. The number of nitrogens with zero attached hydrogens (tertiary/aromatic N) is 5. The summed E-state index contributed by atoms with van der Waals surface area (Å²) in [5.41, 5.74) is 0.745. The SMILES string of the molecule is C[C@H](Sc1nnc(-c2cccc(Cl)c2)n1N)C(=O)N(C)CCC#N. The number of benzene rings is 1. The third-order valence-electron chi connectivity index (χ3n) is 3.31. The largest absolute Gasteiger partial charge is 0.344 e. The molecule has 0 spiro atoms. The summed E-state index contributed by atoms with van der Waals surface area (Å²) in [6.45, 7) is 2.16. The van der Waals surface area contributed by atoms with Crippen molar-refractivity contribution < 1.29 is 4.79 Å². The van der Waals surface area contributed by atoms with E-state index in [1.807, 2.05) is 12.1 Å². The Hall–Kier alpha value is -2.24. The maximum atomic E-state index is 12.3. The van der Waals surface area contributed by atoms with Crippen LogP contribution in [0.2, 0.25) is 5.02 Å². The number of rotatable bonds is 6. The number of nitriles is 1. The third kappa shape index (κ3) is 4.19. The van der Waals surface area contributed by atoms with Crippen molar-refractivity contribution in [2.75, 3.05) is 19.4 Å². The van der Waals surface area contributed by atoms with Crippen molar-refractivity contribution in [2.24, 2.45) is 0 Å². The average Bonchev–Trinajstić information content (AvgIpc) is 2.92. The van der Waals surface area contributed by atoms with Crippen LogP contribution in [0, 0.1) is 11.3 Å². The predicted octanol–water partition coefficient (Wildman–Crippen LogP) is 2.16. The summed E-state index contributed by atoms with van der Waals surface area (Å²) < 4.78 is 1.34. The van der Waals surface area contributed by atoms with Crippen molar-refractivity contribution in [3.8, 4) is 17.5 Å². The smallest absolute Gasteiger partial charge is 0.235 e. The maximum absolute atomic E-state index is 12.3. The molecule has 1 heterocycles. The van der Waals surface area contributed by atoms with E-state index in [4.69, 9.17) is 22.7 Å². The van der Waals surface area contributed by atoms with Crippen LogP contribution in [-0.2, 0) is 4.79 Å². The fourth-order valence-electron chi connectivity index (χ4n) is 2.03. The number of carbonyl (C=O) groups excluding carboxylic acids is 1. The Morgan fingerprint density at radius 1 is 1.54 bits per heavy atom. The number of amides is 1. The van der Waals surface area contributed by atoms with Gasteiger partial charge in [-0.2, -0.15) is 5.26 Å². The number of thioether (sulfide) groups is 1. The number of carbonyl (C=O) groups is 1. The van der Waals surface area contributed by atoms with E-state index in [-0.39, 0.29) is 5.91 Å². The average molecular weight is 365 g/mol. The zero-order chi connectivity index (χ0) is 17.7. The number of halogens is 1. The number of nitrogens with two attached hydrogens (primary N) is 1. The highest BCUT2D eigenvalue weighted by Gasteiger charge is 2.22. The minimum absolute atomic E-state index is 0.0949. The molecule has 1 aromatic carbocycles. The number of hydrogen-bond acceptors (Lipinski definition) is 6. The minimum Gasteiger partial charge on any atom is -0.344 e. The fraction of sp³-hybridized carbons (Fsp3) is 0.333. The van der Waals surface area contributed by atoms with Crippen molar-refractivity contribution in [1.82, 2.24) is 19.8 Å². The first-order valence-corrected chi connectivity index (χ1v) is 8.44. The van der Waals surface area contributed by atoms with Crippen LogP contribution in [0.1, 0.15) is 13.3 Å². The number of hydrogen-bond donors (Lipinski definition) is 1. The molecule has 2 rings (SSSR count). The van der Waals surface area contributed by atoms with Crippen molar-refractivity contribution in [3.63, 3.8) is 0 Å². The van der Waals surface area contributed by atoms with E-state index in [9.17, 15) is 4.79 Å². The molecule has 0 aliphatic carbocycles. The molecule has 0 saturated carbocycles. The molecule has 126 valence electrons. The Morgan fingerprint density at radius 2 is 2.29 bits per heavy atom. The summed E-state index contributed by atoms with van der Waals surface area (Å²) in [7, 11) is 1.67. The summed E-state index contributed by atoms with van der Waals surface area (Å²) in [5.74, 6) is 6.43. The quantitative estimate of drug-likeness (QED) is 0.622. The molecule has 0 saturated heterocycles. The highest BCUT2D eigenvalue weighted by molar-refractivity contribution is 8.00. The highest BCUT2D eigenvalue weighted by atomic mass is 35.5. The molecule has 1 atom stereocenters. The molecule has 24 heavy (non-hydrogen) atoms. The molecule has 7 nitrogen and oxygen atoms in total.